The van der Waals surface area contributed by atoms with E-state index in [1.807, 2.05) is 0 Å². The molecule has 0 spiro atoms. The summed E-state index contributed by atoms with van der Waals surface area (Å²) >= 11 is 5.98. The maximum Gasteiger partial charge on any atom is 0.228 e. The Kier molecular flexibility index (Phi) is 5.56. The third kappa shape index (κ3) is 4.22. The predicted molar refractivity (Wildman–Crippen MR) is 94.3 cm³/mol. The molecule has 0 aliphatic carbocycles. The zero-order valence-electron chi connectivity index (χ0n) is 14.3. The van der Waals surface area contributed by atoms with Crippen molar-refractivity contribution in [2.24, 2.45) is 5.92 Å². The lowest BCUT2D eigenvalue weighted by atomic mass is 9.95. The summed E-state index contributed by atoms with van der Waals surface area (Å²) in [5.41, 5.74) is 0.209. The van der Waals surface area contributed by atoms with E-state index in [0.29, 0.717) is 37.5 Å². The van der Waals surface area contributed by atoms with Crippen molar-refractivity contribution in [3.8, 4) is 0 Å². The number of aromatic nitrogens is 1. The summed E-state index contributed by atoms with van der Waals surface area (Å²) in [4.78, 5) is 26.3. The highest BCUT2D eigenvalue weighted by Crippen LogP contribution is 2.23. The van der Waals surface area contributed by atoms with Crippen molar-refractivity contribution >= 4 is 29.2 Å². The molecule has 2 heterocycles. The van der Waals surface area contributed by atoms with Gasteiger partial charge in [-0.05, 0) is 31.9 Å². The Morgan fingerprint density at radius 2 is 2.12 bits per heavy atom. The Bertz CT molecular complexity index is 796. The van der Waals surface area contributed by atoms with Crippen molar-refractivity contribution in [3.05, 3.63) is 46.4 Å². The highest BCUT2D eigenvalue weighted by molar-refractivity contribution is 6.31. The van der Waals surface area contributed by atoms with Gasteiger partial charge in [0.05, 0.1) is 6.42 Å². The lowest BCUT2D eigenvalue weighted by Gasteiger charge is -2.31. The van der Waals surface area contributed by atoms with Gasteiger partial charge in [-0.3, -0.25) is 9.59 Å². The summed E-state index contributed by atoms with van der Waals surface area (Å²) in [5.74, 6) is -0.00521. The van der Waals surface area contributed by atoms with Crippen LogP contribution in [0.1, 0.15) is 24.2 Å². The van der Waals surface area contributed by atoms with Crippen LogP contribution in [0.4, 0.5) is 10.2 Å². The smallest absolute Gasteiger partial charge is 0.228 e. The van der Waals surface area contributed by atoms with E-state index in [-0.39, 0.29) is 34.7 Å². The highest BCUT2D eigenvalue weighted by Gasteiger charge is 2.28. The van der Waals surface area contributed by atoms with Crippen molar-refractivity contribution in [2.45, 2.75) is 26.2 Å². The van der Waals surface area contributed by atoms with E-state index in [1.165, 1.54) is 12.1 Å². The number of benzene rings is 1. The highest BCUT2D eigenvalue weighted by atomic mass is 35.5. The molecule has 26 heavy (non-hydrogen) atoms. The normalized spacial score (nSPS) is 15.1. The predicted octanol–water partition coefficient (Wildman–Crippen LogP) is 3.20. The van der Waals surface area contributed by atoms with Crippen molar-refractivity contribution < 1.29 is 18.5 Å². The molecule has 1 aliphatic heterocycles. The molecule has 3 rings (SSSR count). The van der Waals surface area contributed by atoms with Crippen molar-refractivity contribution in [3.63, 3.8) is 0 Å². The first-order valence-electron chi connectivity index (χ1n) is 8.39. The van der Waals surface area contributed by atoms with Gasteiger partial charge in [-0.25, -0.2) is 4.39 Å². The van der Waals surface area contributed by atoms with Gasteiger partial charge in [0.2, 0.25) is 11.8 Å². The average Bonchev–Trinajstić information content (AvgIpc) is 3.03. The molecule has 0 unspecified atom stereocenters. The lowest BCUT2D eigenvalue weighted by molar-refractivity contribution is -0.133. The number of amides is 2. The minimum Gasteiger partial charge on any atom is -0.360 e. The summed E-state index contributed by atoms with van der Waals surface area (Å²) < 4.78 is 18.8. The number of anilines is 1. The van der Waals surface area contributed by atoms with E-state index >= 15 is 0 Å². The monoisotopic (exact) mass is 379 g/mol. The SMILES string of the molecule is Cc1cc(NC(=O)C2CCN(C(=O)Cc3c(F)cccc3Cl)CC2)no1. The number of piperidine rings is 1. The number of rotatable bonds is 4. The van der Waals surface area contributed by atoms with Crippen molar-refractivity contribution in [1.82, 2.24) is 10.1 Å². The first-order valence-corrected chi connectivity index (χ1v) is 8.76. The van der Waals surface area contributed by atoms with Crippen LogP contribution >= 0.6 is 11.6 Å². The molecular weight excluding hydrogens is 361 g/mol. The number of likely N-dealkylation sites (tertiary alicyclic amines) is 1. The van der Waals surface area contributed by atoms with Gasteiger partial charge in [0, 0.05) is 35.7 Å². The number of halogens is 2. The average molecular weight is 380 g/mol. The largest absolute Gasteiger partial charge is 0.360 e. The molecular formula is C18H19ClFN3O3. The molecule has 0 atom stereocenters. The molecule has 0 saturated carbocycles. The van der Waals surface area contributed by atoms with E-state index in [2.05, 4.69) is 10.5 Å². The first-order chi connectivity index (χ1) is 12.4. The number of hydrogen-bond acceptors (Lipinski definition) is 4. The van der Waals surface area contributed by atoms with Gasteiger partial charge in [0.15, 0.2) is 5.82 Å². The summed E-state index contributed by atoms with van der Waals surface area (Å²) in [6, 6.07) is 6.01. The maximum atomic E-state index is 13.8. The second kappa shape index (κ2) is 7.86. The minimum atomic E-state index is -0.483. The minimum absolute atomic E-state index is 0.0828. The van der Waals surface area contributed by atoms with Crippen LogP contribution in [0.15, 0.2) is 28.8 Å². The van der Waals surface area contributed by atoms with E-state index < -0.39 is 5.82 Å². The fourth-order valence-electron chi connectivity index (χ4n) is 3.01. The number of hydrogen-bond donors (Lipinski definition) is 1. The maximum absolute atomic E-state index is 13.8. The molecule has 2 aromatic rings. The van der Waals surface area contributed by atoms with Crippen LogP contribution in [0.3, 0.4) is 0 Å². The first kappa shape index (κ1) is 18.4. The lowest BCUT2D eigenvalue weighted by Crippen LogP contribution is -2.42. The fraction of sp³-hybridized carbons (Fsp3) is 0.389. The molecule has 1 fully saturated rings. The molecule has 2 amide bonds. The van der Waals surface area contributed by atoms with Crippen LogP contribution in [0.25, 0.3) is 0 Å². The third-order valence-electron chi connectivity index (χ3n) is 4.49. The van der Waals surface area contributed by atoms with Gasteiger partial charge in [-0.2, -0.15) is 0 Å². The van der Waals surface area contributed by atoms with E-state index in [9.17, 15) is 14.0 Å². The molecule has 0 bridgehead atoms. The van der Waals surface area contributed by atoms with Crippen molar-refractivity contribution in [2.75, 3.05) is 18.4 Å². The van der Waals surface area contributed by atoms with Crippen molar-refractivity contribution in [1.29, 1.82) is 0 Å². The van der Waals surface area contributed by atoms with Crippen LogP contribution in [0.5, 0.6) is 0 Å². The quantitative estimate of drug-likeness (QED) is 0.885. The summed E-state index contributed by atoms with van der Waals surface area (Å²) in [7, 11) is 0. The van der Waals surface area contributed by atoms with Crippen LogP contribution < -0.4 is 5.32 Å². The molecule has 1 aromatic carbocycles. The fourth-order valence-corrected chi connectivity index (χ4v) is 3.24. The van der Waals surface area contributed by atoms with E-state index in [0.717, 1.165) is 0 Å². The standard InChI is InChI=1S/C18H19ClFN3O3/c1-11-9-16(22-26-11)21-18(25)12-5-7-23(8-6-12)17(24)10-13-14(19)3-2-4-15(13)20/h2-4,9,12H,5-8,10H2,1H3,(H,21,22,25). The zero-order chi connectivity index (χ0) is 18.7. The van der Waals surface area contributed by atoms with Gasteiger partial charge in [0.25, 0.3) is 0 Å². The Labute approximate surface area is 155 Å². The second-order valence-corrected chi connectivity index (χ2v) is 6.75. The van der Waals surface area contributed by atoms with Gasteiger partial charge in [-0.15, -0.1) is 0 Å². The number of carbonyl (C=O) groups is 2. The Hall–Kier alpha value is -2.41. The Balaban J connectivity index is 1.53. The molecule has 1 N–H and O–H groups in total. The second-order valence-electron chi connectivity index (χ2n) is 6.34. The van der Waals surface area contributed by atoms with Crippen LogP contribution in [0, 0.1) is 18.7 Å². The number of aryl methyl sites for hydroxylation is 1. The van der Waals surface area contributed by atoms with Gasteiger partial charge >= 0.3 is 0 Å². The Morgan fingerprint density at radius 3 is 2.73 bits per heavy atom. The summed E-state index contributed by atoms with van der Waals surface area (Å²) in [5, 5.41) is 6.70. The van der Waals surface area contributed by atoms with Gasteiger partial charge < -0.3 is 14.7 Å². The topological polar surface area (TPSA) is 75.4 Å². The van der Waals surface area contributed by atoms with Gasteiger partial charge in [-0.1, -0.05) is 22.8 Å². The number of nitrogens with zero attached hydrogens (tertiary/aromatic N) is 2. The molecule has 6 nitrogen and oxygen atoms in total. The molecule has 1 aliphatic rings. The Morgan fingerprint density at radius 1 is 1.38 bits per heavy atom. The number of nitrogens with one attached hydrogen (secondary N) is 1. The van der Waals surface area contributed by atoms with E-state index in [1.54, 1.807) is 24.0 Å². The van der Waals surface area contributed by atoms with Crippen LogP contribution in [-0.4, -0.2) is 35.0 Å². The molecule has 138 valence electrons. The molecule has 0 radical (unpaired) electrons. The van der Waals surface area contributed by atoms with Crippen LogP contribution in [0.2, 0.25) is 5.02 Å². The third-order valence-corrected chi connectivity index (χ3v) is 4.84. The molecule has 1 saturated heterocycles. The summed E-state index contributed by atoms with van der Waals surface area (Å²) in [6.07, 6.45) is 0.999. The molecule has 1 aromatic heterocycles. The molecule has 8 heteroatoms. The van der Waals surface area contributed by atoms with Crippen LogP contribution in [-0.2, 0) is 16.0 Å². The summed E-state index contributed by atoms with van der Waals surface area (Å²) in [6.45, 7) is 2.64. The zero-order valence-corrected chi connectivity index (χ0v) is 15.1. The number of carbonyl (C=O) groups excluding carboxylic acids is 2. The van der Waals surface area contributed by atoms with E-state index in [4.69, 9.17) is 16.1 Å². The van der Waals surface area contributed by atoms with Gasteiger partial charge in [0.1, 0.15) is 11.6 Å².